The molecule has 3 rings (SSSR count). The predicted molar refractivity (Wildman–Crippen MR) is 86.2 cm³/mol. The van der Waals surface area contributed by atoms with E-state index in [4.69, 9.17) is 4.98 Å². The Kier molecular flexibility index (Phi) is 3.15. The zero-order valence-electron chi connectivity index (χ0n) is 12.1. The molecule has 0 spiro atoms. The lowest BCUT2D eigenvalue weighted by Crippen LogP contribution is -2.07. The molecule has 0 saturated heterocycles. The van der Waals surface area contributed by atoms with E-state index in [0.29, 0.717) is 0 Å². The number of pyridine rings is 1. The summed E-state index contributed by atoms with van der Waals surface area (Å²) in [6.45, 7) is 2.10. The Morgan fingerprint density at radius 2 is 1.60 bits per heavy atom. The third-order valence-corrected chi connectivity index (χ3v) is 3.52. The van der Waals surface area contributed by atoms with Gasteiger partial charge in [-0.15, -0.1) is 0 Å². The Morgan fingerprint density at radius 3 is 2.30 bits per heavy atom. The molecule has 0 bridgehead atoms. The molecule has 100 valence electrons. The fraction of sp³-hybridized carbons (Fsp3) is 0.167. The van der Waals surface area contributed by atoms with Gasteiger partial charge in [0.1, 0.15) is 0 Å². The summed E-state index contributed by atoms with van der Waals surface area (Å²) in [6.07, 6.45) is 0. The van der Waals surface area contributed by atoms with Crippen LogP contribution < -0.4 is 4.90 Å². The highest BCUT2D eigenvalue weighted by Gasteiger charge is 2.02. The summed E-state index contributed by atoms with van der Waals surface area (Å²) in [5.41, 5.74) is 5.68. The Morgan fingerprint density at radius 1 is 0.850 bits per heavy atom. The third kappa shape index (κ3) is 2.37. The molecule has 0 aliphatic heterocycles. The number of nitrogens with zero attached hydrogens (tertiary/aromatic N) is 2. The summed E-state index contributed by atoms with van der Waals surface area (Å²) in [5.74, 6) is 0. The second-order valence-corrected chi connectivity index (χ2v) is 5.33. The largest absolute Gasteiger partial charge is 0.378 e. The van der Waals surface area contributed by atoms with Gasteiger partial charge in [0.05, 0.1) is 11.2 Å². The Hall–Kier alpha value is -2.35. The van der Waals surface area contributed by atoms with Crippen LogP contribution in [0.25, 0.3) is 22.2 Å². The zero-order chi connectivity index (χ0) is 14.1. The molecule has 0 fully saturated rings. The molecule has 0 saturated carbocycles. The van der Waals surface area contributed by atoms with Gasteiger partial charge in [-0.05, 0) is 37.3 Å². The van der Waals surface area contributed by atoms with Crippen LogP contribution >= 0.6 is 0 Å². The molecule has 0 aliphatic carbocycles. The lowest BCUT2D eigenvalue weighted by atomic mass is 10.1. The van der Waals surface area contributed by atoms with Crippen molar-refractivity contribution in [3.63, 3.8) is 0 Å². The van der Waals surface area contributed by atoms with Gasteiger partial charge in [0.25, 0.3) is 0 Å². The van der Waals surface area contributed by atoms with E-state index >= 15 is 0 Å². The first kappa shape index (κ1) is 12.7. The topological polar surface area (TPSA) is 16.1 Å². The molecule has 3 aromatic rings. The average molecular weight is 262 g/mol. The van der Waals surface area contributed by atoms with Crippen LogP contribution in [0.3, 0.4) is 0 Å². The van der Waals surface area contributed by atoms with Gasteiger partial charge >= 0.3 is 0 Å². The molecule has 0 radical (unpaired) electrons. The molecule has 0 aliphatic rings. The van der Waals surface area contributed by atoms with Crippen LogP contribution in [0.2, 0.25) is 0 Å². The Bertz CT molecular complexity index is 743. The monoisotopic (exact) mass is 262 g/mol. The molecule has 1 heterocycles. The summed E-state index contributed by atoms with van der Waals surface area (Å²) in [5, 5.41) is 1.19. The van der Waals surface area contributed by atoms with Crippen molar-refractivity contribution >= 4 is 16.6 Å². The van der Waals surface area contributed by atoms with E-state index in [-0.39, 0.29) is 0 Å². The fourth-order valence-corrected chi connectivity index (χ4v) is 2.34. The number of hydrogen-bond acceptors (Lipinski definition) is 2. The molecule has 0 amide bonds. The van der Waals surface area contributed by atoms with E-state index in [0.717, 1.165) is 16.8 Å². The van der Waals surface area contributed by atoms with Crippen molar-refractivity contribution in [1.82, 2.24) is 4.98 Å². The highest BCUT2D eigenvalue weighted by Crippen LogP contribution is 2.23. The van der Waals surface area contributed by atoms with Crippen LogP contribution in [0.5, 0.6) is 0 Å². The summed E-state index contributed by atoms with van der Waals surface area (Å²) in [7, 11) is 4.09. The first-order chi connectivity index (χ1) is 9.63. The van der Waals surface area contributed by atoms with E-state index in [1.165, 1.54) is 16.6 Å². The van der Waals surface area contributed by atoms with Crippen LogP contribution in [-0.2, 0) is 0 Å². The highest BCUT2D eigenvalue weighted by atomic mass is 15.1. The molecule has 2 heteroatoms. The molecule has 20 heavy (non-hydrogen) atoms. The van der Waals surface area contributed by atoms with Crippen molar-refractivity contribution in [2.24, 2.45) is 0 Å². The van der Waals surface area contributed by atoms with Gasteiger partial charge in [-0.3, -0.25) is 0 Å². The van der Waals surface area contributed by atoms with E-state index < -0.39 is 0 Å². The minimum Gasteiger partial charge on any atom is -0.378 e. The lowest BCUT2D eigenvalue weighted by molar-refractivity contribution is 1.13. The number of aryl methyl sites for hydroxylation is 1. The maximum Gasteiger partial charge on any atom is 0.0709 e. The number of anilines is 1. The van der Waals surface area contributed by atoms with Crippen LogP contribution in [0.1, 0.15) is 5.56 Å². The van der Waals surface area contributed by atoms with Gasteiger partial charge < -0.3 is 4.90 Å². The maximum atomic E-state index is 4.75. The van der Waals surface area contributed by atoms with Crippen LogP contribution in [0, 0.1) is 6.92 Å². The van der Waals surface area contributed by atoms with Gasteiger partial charge in [-0.2, -0.15) is 0 Å². The lowest BCUT2D eigenvalue weighted by Gasteiger charge is -2.12. The zero-order valence-corrected chi connectivity index (χ0v) is 12.1. The van der Waals surface area contributed by atoms with Crippen molar-refractivity contribution in [3.05, 3.63) is 60.2 Å². The molecular formula is C18H18N2. The normalized spacial score (nSPS) is 10.8. The Balaban J connectivity index is 2.03. The van der Waals surface area contributed by atoms with E-state index in [2.05, 4.69) is 66.4 Å². The quantitative estimate of drug-likeness (QED) is 0.685. The summed E-state index contributed by atoms with van der Waals surface area (Å²) in [6, 6.07) is 19.1. The molecule has 0 atom stereocenters. The first-order valence-electron chi connectivity index (χ1n) is 6.79. The summed E-state index contributed by atoms with van der Waals surface area (Å²) >= 11 is 0. The van der Waals surface area contributed by atoms with Gasteiger partial charge in [0.15, 0.2) is 0 Å². The summed E-state index contributed by atoms with van der Waals surface area (Å²) in [4.78, 5) is 6.85. The number of benzene rings is 2. The molecular weight excluding hydrogens is 244 g/mol. The first-order valence-corrected chi connectivity index (χ1v) is 6.79. The highest BCUT2D eigenvalue weighted by molar-refractivity contribution is 5.82. The van der Waals surface area contributed by atoms with E-state index in [9.17, 15) is 0 Å². The number of hydrogen-bond donors (Lipinski definition) is 0. The third-order valence-electron chi connectivity index (χ3n) is 3.52. The molecule has 0 N–H and O–H groups in total. The van der Waals surface area contributed by atoms with Crippen molar-refractivity contribution < 1.29 is 0 Å². The van der Waals surface area contributed by atoms with Crippen molar-refractivity contribution in [2.75, 3.05) is 19.0 Å². The number of rotatable bonds is 2. The summed E-state index contributed by atoms with van der Waals surface area (Å²) < 4.78 is 0. The molecule has 1 aromatic heterocycles. The van der Waals surface area contributed by atoms with Gasteiger partial charge in [-0.25, -0.2) is 4.98 Å². The van der Waals surface area contributed by atoms with Crippen molar-refractivity contribution in [1.29, 1.82) is 0 Å². The minimum atomic E-state index is 1.02. The Labute approximate surface area is 119 Å². The van der Waals surface area contributed by atoms with E-state index in [1.807, 2.05) is 14.1 Å². The average Bonchev–Trinajstić information content (AvgIpc) is 2.47. The standard InChI is InChI=1S/C18H18N2/c1-13-4-10-18-15(12-13)7-11-17(19-18)14-5-8-16(9-6-14)20(2)3/h4-12H,1-3H3. The van der Waals surface area contributed by atoms with Gasteiger partial charge in [0, 0.05) is 30.7 Å². The SMILES string of the molecule is Cc1ccc2nc(-c3ccc(N(C)C)cc3)ccc2c1. The fourth-order valence-electron chi connectivity index (χ4n) is 2.34. The van der Waals surface area contributed by atoms with E-state index in [1.54, 1.807) is 0 Å². The van der Waals surface area contributed by atoms with Crippen LogP contribution in [0.15, 0.2) is 54.6 Å². The number of aromatic nitrogens is 1. The smallest absolute Gasteiger partial charge is 0.0709 e. The minimum absolute atomic E-state index is 1.02. The second-order valence-electron chi connectivity index (χ2n) is 5.33. The number of fused-ring (bicyclic) bond motifs is 1. The van der Waals surface area contributed by atoms with Crippen molar-refractivity contribution in [3.8, 4) is 11.3 Å². The molecule has 2 aromatic carbocycles. The second kappa shape index (κ2) is 4.97. The van der Waals surface area contributed by atoms with Crippen LogP contribution in [-0.4, -0.2) is 19.1 Å². The predicted octanol–water partition coefficient (Wildman–Crippen LogP) is 4.28. The maximum absolute atomic E-state index is 4.75. The van der Waals surface area contributed by atoms with Gasteiger partial charge in [0.2, 0.25) is 0 Å². The van der Waals surface area contributed by atoms with Crippen molar-refractivity contribution in [2.45, 2.75) is 6.92 Å². The van der Waals surface area contributed by atoms with Gasteiger partial charge in [-0.1, -0.05) is 29.8 Å². The van der Waals surface area contributed by atoms with Crippen LogP contribution in [0.4, 0.5) is 5.69 Å². The molecule has 0 unspecified atom stereocenters. The molecule has 2 nitrogen and oxygen atoms in total.